The van der Waals surface area contributed by atoms with Gasteiger partial charge in [0.25, 0.3) is 0 Å². The maximum absolute atomic E-state index is 9.27. The second-order valence-corrected chi connectivity index (χ2v) is 5.32. The molecule has 3 heteroatoms. The highest BCUT2D eigenvalue weighted by atomic mass is 32.2. The average Bonchev–Trinajstić information content (AvgIpc) is 2.47. The van der Waals surface area contributed by atoms with Crippen LogP contribution in [-0.4, -0.2) is 10.1 Å². The Hall–Kier alpha value is -2.00. The number of aromatic nitrogens is 1. The Balaban J connectivity index is 1.84. The monoisotopic (exact) mass is 267 g/mol. The van der Waals surface area contributed by atoms with Gasteiger partial charge in [-0.05, 0) is 42.0 Å². The number of phenolic OH excluding ortho intramolecular Hbond substituents is 1. The fourth-order valence-corrected chi connectivity index (χ4v) is 2.89. The normalized spacial score (nSPS) is 10.7. The summed E-state index contributed by atoms with van der Waals surface area (Å²) in [6.07, 6.45) is 1.86. The van der Waals surface area contributed by atoms with Crippen LogP contribution >= 0.6 is 11.8 Å². The van der Waals surface area contributed by atoms with Gasteiger partial charge in [0, 0.05) is 22.2 Å². The molecular weight excluding hydrogens is 254 g/mol. The van der Waals surface area contributed by atoms with Crippen molar-refractivity contribution in [1.29, 1.82) is 0 Å². The molecule has 0 radical (unpaired) electrons. The van der Waals surface area contributed by atoms with Crippen molar-refractivity contribution in [2.24, 2.45) is 0 Å². The summed E-state index contributed by atoms with van der Waals surface area (Å²) < 4.78 is 0. The molecule has 94 valence electrons. The Bertz CT molecular complexity index is 689. The van der Waals surface area contributed by atoms with Crippen molar-refractivity contribution in [3.8, 4) is 5.75 Å². The number of nitrogens with zero attached hydrogens (tertiary/aromatic N) is 1. The van der Waals surface area contributed by atoms with Crippen LogP contribution in [0.25, 0.3) is 10.9 Å². The van der Waals surface area contributed by atoms with Crippen LogP contribution in [0.4, 0.5) is 0 Å². The van der Waals surface area contributed by atoms with Gasteiger partial charge in [-0.1, -0.05) is 18.2 Å². The number of fused-ring (bicyclic) bond motifs is 1. The van der Waals surface area contributed by atoms with Crippen molar-refractivity contribution < 1.29 is 5.11 Å². The van der Waals surface area contributed by atoms with E-state index in [1.807, 2.05) is 36.5 Å². The zero-order valence-electron chi connectivity index (χ0n) is 10.3. The first-order valence-corrected chi connectivity index (χ1v) is 7.06. The molecule has 0 aliphatic rings. The minimum absolute atomic E-state index is 0.304. The van der Waals surface area contributed by atoms with E-state index in [4.69, 9.17) is 0 Å². The van der Waals surface area contributed by atoms with Crippen LogP contribution in [0.1, 0.15) is 5.56 Å². The van der Waals surface area contributed by atoms with Crippen molar-refractivity contribution in [1.82, 2.24) is 4.98 Å². The number of pyridine rings is 1. The van der Waals surface area contributed by atoms with E-state index >= 15 is 0 Å². The molecule has 3 rings (SSSR count). The van der Waals surface area contributed by atoms with Gasteiger partial charge in [-0.3, -0.25) is 4.98 Å². The molecule has 0 bridgehead atoms. The van der Waals surface area contributed by atoms with Gasteiger partial charge in [-0.2, -0.15) is 0 Å². The van der Waals surface area contributed by atoms with E-state index < -0.39 is 0 Å². The summed E-state index contributed by atoms with van der Waals surface area (Å²) in [4.78, 5) is 5.52. The topological polar surface area (TPSA) is 33.1 Å². The number of para-hydroxylation sites is 1. The van der Waals surface area contributed by atoms with E-state index in [1.165, 1.54) is 10.9 Å². The van der Waals surface area contributed by atoms with Crippen LogP contribution < -0.4 is 0 Å². The van der Waals surface area contributed by atoms with Crippen LogP contribution in [0.2, 0.25) is 0 Å². The standard InChI is InChI=1S/C16H13NOS/c18-13-5-7-14(8-6-13)19-11-12-9-10-17-16-4-2-1-3-15(12)16/h1-10,18H,11H2. The number of rotatable bonds is 3. The van der Waals surface area contributed by atoms with Crippen LogP contribution in [0.3, 0.4) is 0 Å². The Morgan fingerprint density at radius 1 is 0.947 bits per heavy atom. The molecule has 2 aromatic carbocycles. The van der Waals surface area contributed by atoms with E-state index in [9.17, 15) is 5.11 Å². The van der Waals surface area contributed by atoms with Gasteiger partial charge in [0.2, 0.25) is 0 Å². The lowest BCUT2D eigenvalue weighted by Crippen LogP contribution is -1.86. The summed E-state index contributed by atoms with van der Waals surface area (Å²) in [5, 5.41) is 10.5. The highest BCUT2D eigenvalue weighted by Crippen LogP contribution is 2.27. The number of benzene rings is 2. The number of hydrogen-bond acceptors (Lipinski definition) is 3. The highest BCUT2D eigenvalue weighted by molar-refractivity contribution is 7.98. The molecule has 0 spiro atoms. The van der Waals surface area contributed by atoms with Crippen LogP contribution in [0.15, 0.2) is 65.7 Å². The molecule has 0 saturated carbocycles. The number of aromatic hydroxyl groups is 1. The summed E-state index contributed by atoms with van der Waals surface area (Å²) in [6, 6.07) is 17.5. The predicted octanol–water partition coefficient (Wildman–Crippen LogP) is 4.23. The maximum Gasteiger partial charge on any atom is 0.115 e. The smallest absolute Gasteiger partial charge is 0.115 e. The molecule has 0 fully saturated rings. The largest absolute Gasteiger partial charge is 0.508 e. The van der Waals surface area contributed by atoms with Gasteiger partial charge in [0.15, 0.2) is 0 Å². The second kappa shape index (κ2) is 5.33. The van der Waals surface area contributed by atoms with Crippen LogP contribution in [0.5, 0.6) is 5.75 Å². The highest BCUT2D eigenvalue weighted by Gasteiger charge is 2.02. The predicted molar refractivity (Wildman–Crippen MR) is 79.4 cm³/mol. The van der Waals surface area contributed by atoms with E-state index in [2.05, 4.69) is 17.1 Å². The summed E-state index contributed by atoms with van der Waals surface area (Å²) >= 11 is 1.76. The first-order valence-electron chi connectivity index (χ1n) is 6.07. The quantitative estimate of drug-likeness (QED) is 0.721. The minimum Gasteiger partial charge on any atom is -0.508 e. The zero-order chi connectivity index (χ0) is 13.1. The molecule has 0 atom stereocenters. The van der Waals surface area contributed by atoms with Gasteiger partial charge in [0.05, 0.1) is 5.52 Å². The molecule has 0 amide bonds. The summed E-state index contributed by atoms with van der Waals surface area (Å²) in [6.45, 7) is 0. The first kappa shape index (κ1) is 12.1. The lowest BCUT2D eigenvalue weighted by Gasteiger charge is -2.06. The third kappa shape index (κ3) is 2.71. The Morgan fingerprint density at radius 2 is 1.74 bits per heavy atom. The molecule has 0 aliphatic heterocycles. The number of hydrogen-bond donors (Lipinski definition) is 1. The van der Waals surface area contributed by atoms with Gasteiger partial charge >= 0.3 is 0 Å². The van der Waals surface area contributed by atoms with Crippen molar-refractivity contribution in [3.63, 3.8) is 0 Å². The number of phenols is 1. The van der Waals surface area contributed by atoms with Crippen molar-refractivity contribution in [2.75, 3.05) is 0 Å². The van der Waals surface area contributed by atoms with E-state index in [0.29, 0.717) is 5.75 Å². The molecule has 0 aliphatic carbocycles. The Labute approximate surface area is 116 Å². The summed E-state index contributed by atoms with van der Waals surface area (Å²) in [7, 11) is 0. The van der Waals surface area contributed by atoms with E-state index in [0.717, 1.165) is 16.2 Å². The molecule has 2 nitrogen and oxygen atoms in total. The SMILES string of the molecule is Oc1ccc(SCc2ccnc3ccccc23)cc1. The van der Waals surface area contributed by atoms with Gasteiger partial charge in [-0.15, -0.1) is 11.8 Å². The first-order chi connectivity index (χ1) is 9.33. The molecule has 0 saturated heterocycles. The summed E-state index contributed by atoms with van der Waals surface area (Å²) in [5.41, 5.74) is 2.31. The van der Waals surface area contributed by atoms with Gasteiger partial charge in [-0.25, -0.2) is 0 Å². The molecule has 1 N–H and O–H groups in total. The Morgan fingerprint density at radius 3 is 2.58 bits per heavy atom. The molecule has 0 unspecified atom stereocenters. The van der Waals surface area contributed by atoms with Crippen molar-refractivity contribution >= 4 is 22.7 Å². The fraction of sp³-hybridized carbons (Fsp3) is 0.0625. The summed E-state index contributed by atoms with van der Waals surface area (Å²) in [5.74, 6) is 1.20. The third-order valence-corrected chi connectivity index (χ3v) is 4.03. The molecule has 3 aromatic rings. The van der Waals surface area contributed by atoms with E-state index in [1.54, 1.807) is 23.9 Å². The van der Waals surface area contributed by atoms with E-state index in [-0.39, 0.29) is 0 Å². The van der Waals surface area contributed by atoms with Crippen LogP contribution in [-0.2, 0) is 5.75 Å². The Kier molecular flexibility index (Phi) is 3.38. The minimum atomic E-state index is 0.304. The molecule has 19 heavy (non-hydrogen) atoms. The molecular formula is C16H13NOS. The van der Waals surface area contributed by atoms with Crippen LogP contribution in [0, 0.1) is 0 Å². The zero-order valence-corrected chi connectivity index (χ0v) is 11.1. The second-order valence-electron chi connectivity index (χ2n) is 4.27. The lowest BCUT2D eigenvalue weighted by atomic mass is 10.1. The maximum atomic E-state index is 9.27. The third-order valence-electron chi connectivity index (χ3n) is 2.97. The lowest BCUT2D eigenvalue weighted by molar-refractivity contribution is 0.475. The average molecular weight is 267 g/mol. The number of thioether (sulfide) groups is 1. The van der Waals surface area contributed by atoms with Crippen molar-refractivity contribution in [3.05, 3.63) is 66.4 Å². The van der Waals surface area contributed by atoms with Crippen molar-refractivity contribution in [2.45, 2.75) is 10.6 Å². The van der Waals surface area contributed by atoms with Gasteiger partial charge in [0.1, 0.15) is 5.75 Å². The fourth-order valence-electron chi connectivity index (χ4n) is 1.98. The molecule has 1 aromatic heterocycles. The van der Waals surface area contributed by atoms with Gasteiger partial charge < -0.3 is 5.11 Å². The molecule has 1 heterocycles.